The zero-order valence-electron chi connectivity index (χ0n) is 20.6. The van der Waals surface area contributed by atoms with E-state index in [1.54, 1.807) is 6.92 Å². The maximum absolute atomic E-state index is 13.2. The number of hydrogen-bond donors (Lipinski definition) is 2. The van der Waals surface area contributed by atoms with Crippen molar-refractivity contribution in [1.29, 1.82) is 0 Å². The molecule has 0 aliphatic heterocycles. The van der Waals surface area contributed by atoms with E-state index in [0.29, 0.717) is 18.4 Å². The Hall–Kier alpha value is -2.63. The second-order valence-electron chi connectivity index (χ2n) is 9.33. The second-order valence-corrected chi connectivity index (χ2v) is 9.71. The lowest BCUT2D eigenvalue weighted by molar-refractivity contribution is -0.274. The number of carbonyl (C=O) groups excluding carboxylic acids is 1. The number of halogens is 7. The van der Waals surface area contributed by atoms with Crippen molar-refractivity contribution in [1.82, 2.24) is 15.1 Å². The van der Waals surface area contributed by atoms with E-state index in [0.717, 1.165) is 44.7 Å². The smallest absolute Gasteiger partial charge is 0.405 e. The maximum Gasteiger partial charge on any atom is 0.573 e. The van der Waals surface area contributed by atoms with Gasteiger partial charge in [0.25, 0.3) is 5.91 Å². The standard InChI is InChI=1S/C24H29ClF6N4O2/c1-4-35-21(19(25)20(34-35)22(36)32-12-15-7-5-13(2)6-8-15)17-10-9-16(33-14(3)23(26,27)28)11-18(17)37-24(29,30)31/h9-11,13-15,33H,4-8,12H2,1-3H3,(H,32,36)/t13?,14-,15?/m1/s1. The van der Waals surface area contributed by atoms with Crippen molar-refractivity contribution in [2.24, 2.45) is 11.8 Å². The van der Waals surface area contributed by atoms with Crippen molar-refractivity contribution in [3.8, 4) is 17.0 Å². The molecule has 3 rings (SSSR count). The third-order valence-electron chi connectivity index (χ3n) is 6.43. The van der Waals surface area contributed by atoms with E-state index in [1.165, 1.54) is 10.7 Å². The van der Waals surface area contributed by atoms with Crippen LogP contribution in [-0.2, 0) is 6.54 Å². The molecule has 1 aliphatic rings. The third-order valence-corrected chi connectivity index (χ3v) is 6.79. The van der Waals surface area contributed by atoms with Crippen LogP contribution in [0, 0.1) is 11.8 Å². The van der Waals surface area contributed by atoms with E-state index in [4.69, 9.17) is 11.6 Å². The molecule has 0 spiro atoms. The lowest BCUT2D eigenvalue weighted by atomic mass is 9.83. The van der Waals surface area contributed by atoms with Crippen LogP contribution >= 0.6 is 11.6 Å². The highest BCUT2D eigenvalue weighted by atomic mass is 35.5. The highest BCUT2D eigenvalue weighted by Gasteiger charge is 2.37. The molecule has 0 radical (unpaired) electrons. The Bertz CT molecular complexity index is 1090. The van der Waals surface area contributed by atoms with E-state index in [9.17, 15) is 31.1 Å². The highest BCUT2D eigenvalue weighted by molar-refractivity contribution is 6.36. The first-order chi connectivity index (χ1) is 17.2. The fraction of sp³-hybridized carbons (Fsp3) is 0.583. The topological polar surface area (TPSA) is 68.2 Å². The molecule has 0 unspecified atom stereocenters. The number of hydrogen-bond acceptors (Lipinski definition) is 4. The first-order valence-corrected chi connectivity index (χ1v) is 12.3. The number of benzene rings is 1. The van der Waals surface area contributed by atoms with Crippen molar-refractivity contribution in [3.63, 3.8) is 0 Å². The van der Waals surface area contributed by atoms with Gasteiger partial charge in [-0.2, -0.15) is 18.3 Å². The number of alkyl halides is 6. The summed E-state index contributed by atoms with van der Waals surface area (Å²) in [4.78, 5) is 12.9. The minimum atomic E-state index is -5.13. The molecule has 1 atom stereocenters. The Morgan fingerprint density at radius 2 is 1.84 bits per heavy atom. The summed E-state index contributed by atoms with van der Waals surface area (Å²) >= 11 is 6.46. The van der Waals surface area contributed by atoms with Gasteiger partial charge in [0.05, 0.1) is 10.7 Å². The van der Waals surface area contributed by atoms with Gasteiger partial charge < -0.3 is 15.4 Å². The van der Waals surface area contributed by atoms with Crippen molar-refractivity contribution < 1.29 is 35.9 Å². The molecule has 2 aromatic rings. The maximum atomic E-state index is 13.2. The Labute approximate surface area is 215 Å². The van der Waals surface area contributed by atoms with E-state index in [-0.39, 0.29) is 34.2 Å². The Morgan fingerprint density at radius 1 is 1.19 bits per heavy atom. The van der Waals surface area contributed by atoms with Gasteiger partial charge in [-0.05, 0) is 50.7 Å². The average molecular weight is 555 g/mol. The average Bonchev–Trinajstić information content (AvgIpc) is 3.13. The minimum absolute atomic E-state index is 0.0181. The van der Waals surface area contributed by atoms with E-state index in [2.05, 4.69) is 27.4 Å². The Balaban J connectivity index is 1.92. The molecule has 1 aliphatic carbocycles. The number of aryl methyl sites for hydroxylation is 1. The van der Waals surface area contributed by atoms with Crippen LogP contribution in [0.3, 0.4) is 0 Å². The van der Waals surface area contributed by atoms with Crippen LogP contribution in [-0.4, -0.2) is 40.8 Å². The van der Waals surface area contributed by atoms with Crippen molar-refractivity contribution in [2.75, 3.05) is 11.9 Å². The fourth-order valence-corrected chi connectivity index (χ4v) is 4.60. The van der Waals surface area contributed by atoms with Crippen LogP contribution in [0.5, 0.6) is 5.75 Å². The van der Waals surface area contributed by atoms with Gasteiger partial charge in [0.15, 0.2) is 5.69 Å². The lowest BCUT2D eigenvalue weighted by Crippen LogP contribution is -2.33. The zero-order valence-corrected chi connectivity index (χ0v) is 21.3. The zero-order chi connectivity index (χ0) is 27.5. The van der Waals surface area contributed by atoms with E-state index < -0.39 is 30.2 Å². The number of rotatable bonds is 8. The second kappa shape index (κ2) is 11.4. The minimum Gasteiger partial charge on any atom is -0.405 e. The molecule has 1 amide bonds. The van der Waals surface area contributed by atoms with Gasteiger partial charge in [-0.15, -0.1) is 13.2 Å². The molecule has 2 N–H and O–H groups in total. The predicted molar refractivity (Wildman–Crippen MR) is 128 cm³/mol. The molecule has 0 saturated heterocycles. The van der Waals surface area contributed by atoms with Crippen LogP contribution in [0.15, 0.2) is 18.2 Å². The van der Waals surface area contributed by atoms with Crippen molar-refractivity contribution in [2.45, 2.75) is 71.6 Å². The quantitative estimate of drug-likeness (QED) is 0.343. The summed E-state index contributed by atoms with van der Waals surface area (Å²) < 4.78 is 83.8. The van der Waals surface area contributed by atoms with Gasteiger partial charge >= 0.3 is 12.5 Å². The fourth-order valence-electron chi connectivity index (χ4n) is 4.27. The van der Waals surface area contributed by atoms with Gasteiger partial charge in [0.1, 0.15) is 11.8 Å². The number of ether oxygens (including phenoxy) is 1. The molecular formula is C24H29ClF6N4O2. The largest absolute Gasteiger partial charge is 0.573 e. The van der Waals surface area contributed by atoms with Gasteiger partial charge in [0, 0.05) is 30.4 Å². The third kappa shape index (κ3) is 7.45. The molecular weight excluding hydrogens is 526 g/mol. The number of aromatic nitrogens is 2. The monoisotopic (exact) mass is 554 g/mol. The van der Waals surface area contributed by atoms with Gasteiger partial charge in [-0.1, -0.05) is 31.4 Å². The number of nitrogens with one attached hydrogen (secondary N) is 2. The molecule has 1 aromatic heterocycles. The first kappa shape index (κ1) is 28.9. The molecule has 0 bridgehead atoms. The Morgan fingerprint density at radius 3 is 2.41 bits per heavy atom. The van der Waals surface area contributed by atoms with Crippen LogP contribution in [0.2, 0.25) is 5.02 Å². The van der Waals surface area contributed by atoms with Crippen LogP contribution in [0.1, 0.15) is 56.9 Å². The molecule has 37 heavy (non-hydrogen) atoms. The van der Waals surface area contributed by atoms with E-state index >= 15 is 0 Å². The highest BCUT2D eigenvalue weighted by Crippen LogP contribution is 2.41. The summed E-state index contributed by atoms with van der Waals surface area (Å²) in [5.41, 5.74) is -0.600. The summed E-state index contributed by atoms with van der Waals surface area (Å²) in [6.07, 6.45) is -5.64. The summed E-state index contributed by atoms with van der Waals surface area (Å²) in [7, 11) is 0. The van der Waals surface area contributed by atoms with Crippen molar-refractivity contribution in [3.05, 3.63) is 28.9 Å². The molecule has 1 aromatic carbocycles. The normalized spacial score (nSPS) is 19.4. The van der Waals surface area contributed by atoms with Crippen LogP contribution in [0.25, 0.3) is 11.3 Å². The van der Waals surface area contributed by atoms with Crippen LogP contribution < -0.4 is 15.4 Å². The SMILES string of the molecule is CCn1nc(C(=O)NCC2CCC(C)CC2)c(Cl)c1-c1ccc(N[C@H](C)C(F)(F)F)cc1OC(F)(F)F. The number of nitrogens with zero attached hydrogens (tertiary/aromatic N) is 2. The summed E-state index contributed by atoms with van der Waals surface area (Å²) in [6, 6.07) is 1.10. The molecule has 1 fully saturated rings. The van der Waals surface area contributed by atoms with Crippen LogP contribution in [0.4, 0.5) is 32.0 Å². The van der Waals surface area contributed by atoms with E-state index in [1.807, 2.05) is 0 Å². The first-order valence-electron chi connectivity index (χ1n) is 12.0. The molecule has 6 nitrogen and oxygen atoms in total. The number of amides is 1. The number of carbonyl (C=O) groups is 1. The molecule has 206 valence electrons. The molecule has 13 heteroatoms. The molecule has 1 heterocycles. The summed E-state index contributed by atoms with van der Waals surface area (Å²) in [5, 5.41) is 8.93. The van der Waals surface area contributed by atoms with Gasteiger partial charge in [-0.3, -0.25) is 9.48 Å². The summed E-state index contributed by atoms with van der Waals surface area (Å²) in [5.74, 6) is -0.382. The summed E-state index contributed by atoms with van der Waals surface area (Å²) in [6.45, 7) is 5.25. The van der Waals surface area contributed by atoms with Gasteiger partial charge in [-0.25, -0.2) is 0 Å². The lowest BCUT2D eigenvalue weighted by Gasteiger charge is -2.26. The van der Waals surface area contributed by atoms with Gasteiger partial charge in [0.2, 0.25) is 0 Å². The van der Waals surface area contributed by atoms with Crippen molar-refractivity contribution >= 4 is 23.2 Å². The predicted octanol–water partition coefficient (Wildman–Crippen LogP) is 7.04. The number of anilines is 1. The molecule has 1 saturated carbocycles. The Kier molecular flexibility index (Phi) is 8.92.